The van der Waals surface area contributed by atoms with E-state index in [0.717, 1.165) is 28.0 Å². The van der Waals surface area contributed by atoms with Crippen molar-refractivity contribution in [1.82, 2.24) is 10.9 Å². The van der Waals surface area contributed by atoms with E-state index < -0.39 is 0 Å². The predicted molar refractivity (Wildman–Crippen MR) is 110 cm³/mol. The zero-order valence-corrected chi connectivity index (χ0v) is 17.8. The molecule has 4 fully saturated rings. The molecule has 1 aromatic carbocycles. The van der Waals surface area contributed by atoms with Crippen molar-refractivity contribution in [2.45, 2.75) is 57.8 Å². The van der Waals surface area contributed by atoms with Crippen molar-refractivity contribution in [2.75, 3.05) is 6.61 Å². The van der Waals surface area contributed by atoms with E-state index in [1.165, 1.54) is 38.5 Å². The molecule has 0 unspecified atom stereocenters. The first-order valence-electron chi connectivity index (χ1n) is 10.5. The zero-order valence-electron chi connectivity index (χ0n) is 16.2. The molecule has 4 saturated carbocycles. The van der Waals surface area contributed by atoms with Gasteiger partial charge in [-0.25, -0.2) is 0 Å². The fraction of sp³-hybridized carbons (Fsp3) is 0.636. The Morgan fingerprint density at radius 3 is 2.32 bits per heavy atom. The number of rotatable bonds is 7. The van der Waals surface area contributed by atoms with E-state index in [1.54, 1.807) is 0 Å². The molecule has 5 rings (SSSR count). The lowest BCUT2D eigenvalue weighted by atomic mass is 9.49. The molecular weight excluding hydrogens is 420 g/mol. The highest BCUT2D eigenvalue weighted by atomic mass is 79.9. The minimum Gasteiger partial charge on any atom is -0.494 e. The van der Waals surface area contributed by atoms with Crippen molar-refractivity contribution in [2.24, 2.45) is 23.2 Å². The number of hydrogen-bond donors (Lipinski definition) is 2. The van der Waals surface area contributed by atoms with Crippen LogP contribution in [0.1, 0.15) is 57.8 Å². The van der Waals surface area contributed by atoms with Gasteiger partial charge >= 0.3 is 0 Å². The van der Waals surface area contributed by atoms with Gasteiger partial charge < -0.3 is 4.74 Å². The van der Waals surface area contributed by atoms with E-state index in [9.17, 15) is 9.59 Å². The summed E-state index contributed by atoms with van der Waals surface area (Å²) < 4.78 is 6.59. The molecule has 2 amide bonds. The molecule has 0 atom stereocenters. The summed E-state index contributed by atoms with van der Waals surface area (Å²) in [5.74, 6) is 3.06. The van der Waals surface area contributed by atoms with Crippen LogP contribution in [0.3, 0.4) is 0 Å². The molecule has 2 N–H and O–H groups in total. The number of hydrazine groups is 1. The average molecular weight is 449 g/mol. The Kier molecular flexibility index (Phi) is 5.95. The highest BCUT2D eigenvalue weighted by Crippen LogP contribution is 2.61. The monoisotopic (exact) mass is 448 g/mol. The first kappa shape index (κ1) is 19.7. The Bertz CT molecular complexity index is 701. The quantitative estimate of drug-likeness (QED) is 0.480. The van der Waals surface area contributed by atoms with Crippen LogP contribution in [0, 0.1) is 23.2 Å². The molecule has 5 nitrogen and oxygen atoms in total. The van der Waals surface area contributed by atoms with Crippen LogP contribution in [0.5, 0.6) is 5.75 Å². The molecule has 0 heterocycles. The second-order valence-corrected chi connectivity index (χ2v) is 10.0. The minimum atomic E-state index is -0.170. The molecule has 4 aliphatic rings. The summed E-state index contributed by atoms with van der Waals surface area (Å²) in [4.78, 5) is 24.4. The molecule has 0 spiro atoms. The number of ether oxygens (including phenoxy) is 1. The number of carbonyl (C=O) groups is 2. The second kappa shape index (κ2) is 8.44. The maximum absolute atomic E-state index is 12.4. The third-order valence-corrected chi connectivity index (χ3v) is 7.15. The molecular formula is C22H29BrN2O3. The Labute approximate surface area is 175 Å². The number of carbonyl (C=O) groups excluding carboxylic acids is 2. The van der Waals surface area contributed by atoms with Crippen molar-refractivity contribution in [1.29, 1.82) is 0 Å². The topological polar surface area (TPSA) is 67.4 Å². The van der Waals surface area contributed by atoms with Gasteiger partial charge in [-0.05, 0) is 86.3 Å². The Morgan fingerprint density at radius 1 is 1.04 bits per heavy atom. The number of halogens is 1. The lowest BCUT2D eigenvalue weighted by Gasteiger charge is -2.56. The molecule has 4 aliphatic carbocycles. The predicted octanol–water partition coefficient (Wildman–Crippen LogP) is 4.36. The summed E-state index contributed by atoms with van der Waals surface area (Å²) in [6.45, 7) is 0.463. The van der Waals surface area contributed by atoms with E-state index in [4.69, 9.17) is 4.74 Å². The summed E-state index contributed by atoms with van der Waals surface area (Å²) in [5, 5.41) is 0. The van der Waals surface area contributed by atoms with Crippen LogP contribution in [-0.2, 0) is 9.59 Å². The maximum atomic E-state index is 12.4. The fourth-order valence-corrected chi connectivity index (χ4v) is 6.45. The van der Waals surface area contributed by atoms with E-state index in [-0.39, 0.29) is 17.2 Å². The van der Waals surface area contributed by atoms with Gasteiger partial charge in [0.25, 0.3) is 0 Å². The molecule has 0 saturated heterocycles. The van der Waals surface area contributed by atoms with Gasteiger partial charge in [-0.3, -0.25) is 20.4 Å². The molecule has 0 aliphatic heterocycles. The Morgan fingerprint density at radius 2 is 1.68 bits per heavy atom. The molecule has 152 valence electrons. The van der Waals surface area contributed by atoms with E-state index in [1.807, 2.05) is 24.3 Å². The van der Waals surface area contributed by atoms with Gasteiger partial charge in [-0.2, -0.15) is 0 Å². The largest absolute Gasteiger partial charge is 0.494 e. The van der Waals surface area contributed by atoms with Crippen LogP contribution < -0.4 is 15.6 Å². The molecule has 4 bridgehead atoms. The van der Waals surface area contributed by atoms with Crippen LogP contribution in [0.25, 0.3) is 0 Å². The summed E-state index contributed by atoms with van der Waals surface area (Å²) in [6.07, 6.45) is 9.21. The van der Waals surface area contributed by atoms with E-state index >= 15 is 0 Å². The van der Waals surface area contributed by atoms with Crippen LogP contribution in [0.2, 0.25) is 0 Å². The van der Waals surface area contributed by atoms with Gasteiger partial charge in [-0.15, -0.1) is 0 Å². The third-order valence-electron chi connectivity index (χ3n) is 6.65. The summed E-state index contributed by atoms with van der Waals surface area (Å²) >= 11 is 3.40. The normalized spacial score (nSPS) is 30.1. The lowest BCUT2D eigenvalue weighted by Crippen LogP contribution is -2.50. The molecule has 6 heteroatoms. The number of benzene rings is 1. The zero-order chi connectivity index (χ0) is 19.6. The van der Waals surface area contributed by atoms with Gasteiger partial charge in [0.05, 0.1) is 6.61 Å². The smallest absolute Gasteiger partial charge is 0.238 e. The molecule has 0 radical (unpaired) electrons. The van der Waals surface area contributed by atoms with Crippen LogP contribution >= 0.6 is 15.9 Å². The lowest BCUT2D eigenvalue weighted by molar-refractivity contribution is -0.134. The highest BCUT2D eigenvalue weighted by Gasteiger charge is 2.51. The number of nitrogens with one attached hydrogen (secondary N) is 2. The fourth-order valence-electron chi connectivity index (χ4n) is 6.07. The van der Waals surface area contributed by atoms with Crippen molar-refractivity contribution < 1.29 is 14.3 Å². The van der Waals surface area contributed by atoms with Crippen molar-refractivity contribution in [3.63, 3.8) is 0 Å². The Hall–Kier alpha value is -1.56. The average Bonchev–Trinajstić information content (AvgIpc) is 2.62. The van der Waals surface area contributed by atoms with Crippen LogP contribution in [0.4, 0.5) is 0 Å². The first-order valence-corrected chi connectivity index (χ1v) is 11.2. The minimum absolute atomic E-state index is 0.0410. The van der Waals surface area contributed by atoms with Crippen LogP contribution in [0.15, 0.2) is 28.7 Å². The van der Waals surface area contributed by atoms with Crippen molar-refractivity contribution >= 4 is 27.7 Å². The maximum Gasteiger partial charge on any atom is 0.238 e. The van der Waals surface area contributed by atoms with E-state index in [0.29, 0.717) is 25.9 Å². The molecule has 0 aromatic heterocycles. The van der Waals surface area contributed by atoms with E-state index in [2.05, 4.69) is 26.8 Å². The Balaban J connectivity index is 1.14. The standard InChI is InChI=1S/C22H29BrN2O3/c23-18-3-1-4-19(10-18)28-6-2-5-20(26)24-25-21(27)14-22-11-15-7-16(12-22)9-17(8-15)13-22/h1,3-4,10,15-17H,2,5-9,11-14H2,(H,24,26)(H,25,27). The summed E-state index contributed by atoms with van der Waals surface area (Å²) in [7, 11) is 0. The molecule has 1 aromatic rings. The van der Waals surface area contributed by atoms with Gasteiger partial charge in [0.2, 0.25) is 11.8 Å². The van der Waals surface area contributed by atoms with Gasteiger partial charge in [0.15, 0.2) is 0 Å². The van der Waals surface area contributed by atoms with Gasteiger partial charge in [0, 0.05) is 17.3 Å². The summed E-state index contributed by atoms with van der Waals surface area (Å²) in [6, 6.07) is 7.62. The van der Waals surface area contributed by atoms with Gasteiger partial charge in [-0.1, -0.05) is 22.0 Å². The summed E-state index contributed by atoms with van der Waals surface area (Å²) in [5.41, 5.74) is 5.41. The number of amides is 2. The number of hydrogen-bond acceptors (Lipinski definition) is 3. The second-order valence-electron chi connectivity index (χ2n) is 9.10. The van der Waals surface area contributed by atoms with Crippen LogP contribution in [-0.4, -0.2) is 18.4 Å². The molecule has 28 heavy (non-hydrogen) atoms. The SMILES string of the molecule is O=C(CCCOc1cccc(Br)c1)NNC(=O)CC12CC3CC(CC(C3)C1)C2. The van der Waals surface area contributed by atoms with Crippen molar-refractivity contribution in [3.05, 3.63) is 28.7 Å². The third kappa shape index (κ3) is 4.88. The highest BCUT2D eigenvalue weighted by molar-refractivity contribution is 9.10. The van der Waals surface area contributed by atoms with Gasteiger partial charge in [0.1, 0.15) is 5.75 Å². The van der Waals surface area contributed by atoms with Crippen molar-refractivity contribution in [3.8, 4) is 5.75 Å². The first-order chi connectivity index (χ1) is 13.5.